The number of rotatable bonds is 3. The minimum atomic E-state index is -0.337. The summed E-state index contributed by atoms with van der Waals surface area (Å²) in [7, 11) is 1.87. The predicted octanol–water partition coefficient (Wildman–Crippen LogP) is 4.09. The summed E-state index contributed by atoms with van der Waals surface area (Å²) in [6, 6.07) is 9.74. The number of aromatic nitrogens is 1. The summed E-state index contributed by atoms with van der Waals surface area (Å²) in [6.45, 7) is 6.26. The highest BCUT2D eigenvalue weighted by atomic mass is 16.6. The zero-order valence-corrected chi connectivity index (χ0v) is 17.9. The van der Waals surface area contributed by atoms with Crippen molar-refractivity contribution in [1.29, 1.82) is 0 Å². The number of para-hydroxylation sites is 1. The number of carbonyl (C=O) groups excluding carboxylic acids is 2. The number of carbonyl (C=O) groups is 2. The number of benzene rings is 1. The van der Waals surface area contributed by atoms with Crippen molar-refractivity contribution in [3.8, 4) is 0 Å². The molecule has 0 unspecified atom stereocenters. The number of nitrogens with zero attached hydrogens (tertiary/aromatic N) is 1. The summed E-state index contributed by atoms with van der Waals surface area (Å²) in [5.41, 5.74) is 2.84. The summed E-state index contributed by atoms with van der Waals surface area (Å²) in [6.07, 6.45) is 4.96. The standard InChI is InChI=1S/C25H27NO5/c1-15-18-11-10-16(7-6-12-25(2)22(31-25)21(18)30-23(15)27)14-29-24(28)20-13-17-8-4-5-9-19(17)26(20)3/h4-5,7-9,13,18,21-22H,1,6,10-12,14H2,2-3H3/b16-7+/t18-,21-,22+,25+/m0/s1. The molecule has 2 saturated heterocycles. The van der Waals surface area contributed by atoms with Crippen LogP contribution in [-0.4, -0.2) is 40.9 Å². The van der Waals surface area contributed by atoms with Gasteiger partial charge in [0, 0.05) is 29.4 Å². The summed E-state index contributed by atoms with van der Waals surface area (Å²) in [5, 5.41) is 1.01. The zero-order chi connectivity index (χ0) is 21.8. The smallest absolute Gasteiger partial charge is 0.355 e. The molecule has 0 amide bonds. The second-order valence-electron chi connectivity index (χ2n) is 9.02. The van der Waals surface area contributed by atoms with Gasteiger partial charge in [0.25, 0.3) is 0 Å². The highest BCUT2D eigenvalue weighted by Gasteiger charge is 2.61. The van der Waals surface area contributed by atoms with E-state index < -0.39 is 0 Å². The minimum Gasteiger partial charge on any atom is -0.456 e. The monoisotopic (exact) mass is 421 g/mol. The van der Waals surface area contributed by atoms with Gasteiger partial charge >= 0.3 is 11.9 Å². The quantitative estimate of drug-likeness (QED) is 0.323. The lowest BCUT2D eigenvalue weighted by Crippen LogP contribution is -2.29. The van der Waals surface area contributed by atoms with Crippen LogP contribution in [0.4, 0.5) is 0 Å². The van der Waals surface area contributed by atoms with Crippen molar-refractivity contribution in [2.24, 2.45) is 13.0 Å². The second kappa shape index (κ2) is 7.38. The van der Waals surface area contributed by atoms with Crippen molar-refractivity contribution in [3.63, 3.8) is 0 Å². The third-order valence-electron chi connectivity index (χ3n) is 6.99. The summed E-state index contributed by atoms with van der Waals surface area (Å²) < 4.78 is 19.1. The van der Waals surface area contributed by atoms with Crippen LogP contribution in [0.2, 0.25) is 0 Å². The van der Waals surface area contributed by atoms with Crippen molar-refractivity contribution in [1.82, 2.24) is 4.57 Å². The molecule has 5 rings (SSSR count). The van der Waals surface area contributed by atoms with Gasteiger partial charge in [0.15, 0.2) is 0 Å². The Labute approximate surface area is 181 Å². The van der Waals surface area contributed by atoms with Gasteiger partial charge in [-0.2, -0.15) is 0 Å². The van der Waals surface area contributed by atoms with E-state index >= 15 is 0 Å². The van der Waals surface area contributed by atoms with Crippen LogP contribution < -0.4 is 0 Å². The van der Waals surface area contributed by atoms with Gasteiger partial charge in [-0.3, -0.25) is 0 Å². The van der Waals surface area contributed by atoms with Crippen LogP contribution in [0.25, 0.3) is 10.9 Å². The van der Waals surface area contributed by atoms with Gasteiger partial charge in [0.1, 0.15) is 24.5 Å². The van der Waals surface area contributed by atoms with E-state index in [2.05, 4.69) is 19.6 Å². The molecular formula is C25H27NO5. The first-order chi connectivity index (χ1) is 14.9. The summed E-state index contributed by atoms with van der Waals surface area (Å²) >= 11 is 0. The lowest BCUT2D eigenvalue weighted by molar-refractivity contribution is -0.140. The van der Waals surface area contributed by atoms with Crippen molar-refractivity contribution in [2.75, 3.05) is 6.61 Å². The Morgan fingerprint density at radius 3 is 2.97 bits per heavy atom. The number of hydrogen-bond donors (Lipinski definition) is 0. The fraction of sp³-hybridized carbons (Fsp3) is 0.440. The molecule has 0 bridgehead atoms. The molecule has 0 N–H and O–H groups in total. The molecule has 0 saturated carbocycles. The topological polar surface area (TPSA) is 70.1 Å². The molecule has 2 aliphatic heterocycles. The maximum absolute atomic E-state index is 12.8. The molecule has 1 aliphatic carbocycles. The molecule has 162 valence electrons. The van der Waals surface area contributed by atoms with Crippen LogP contribution in [0.15, 0.2) is 54.1 Å². The van der Waals surface area contributed by atoms with Crippen molar-refractivity contribution >= 4 is 22.8 Å². The number of epoxide rings is 1. The number of fused-ring (bicyclic) bond motifs is 4. The summed E-state index contributed by atoms with van der Waals surface area (Å²) in [4.78, 5) is 24.9. The normalized spacial score (nSPS) is 31.9. The Bertz CT molecular complexity index is 1110. The Morgan fingerprint density at radius 2 is 2.16 bits per heavy atom. The molecule has 3 heterocycles. The fourth-order valence-corrected chi connectivity index (χ4v) is 4.97. The number of aryl methyl sites for hydroxylation is 1. The Balaban J connectivity index is 1.30. The average Bonchev–Trinajstić information content (AvgIpc) is 3.19. The van der Waals surface area contributed by atoms with Gasteiger partial charge in [0.05, 0.1) is 5.60 Å². The van der Waals surface area contributed by atoms with Crippen molar-refractivity contribution < 1.29 is 23.8 Å². The maximum atomic E-state index is 12.8. The van der Waals surface area contributed by atoms with Crippen LogP contribution in [0, 0.1) is 5.92 Å². The second-order valence-corrected chi connectivity index (χ2v) is 9.02. The highest BCUT2D eigenvalue weighted by Crippen LogP contribution is 2.49. The molecule has 1 aromatic heterocycles. The molecule has 2 aromatic rings. The van der Waals surface area contributed by atoms with Gasteiger partial charge in [-0.15, -0.1) is 0 Å². The molecule has 6 nitrogen and oxygen atoms in total. The summed E-state index contributed by atoms with van der Waals surface area (Å²) in [5.74, 6) is -0.717. The Morgan fingerprint density at radius 1 is 1.35 bits per heavy atom. The first-order valence-electron chi connectivity index (χ1n) is 10.8. The number of hydrogen-bond acceptors (Lipinski definition) is 5. The molecule has 0 radical (unpaired) electrons. The average molecular weight is 421 g/mol. The van der Waals surface area contributed by atoms with Gasteiger partial charge in [-0.1, -0.05) is 30.9 Å². The van der Waals surface area contributed by atoms with Crippen molar-refractivity contribution in [3.05, 3.63) is 59.8 Å². The molecule has 2 fully saturated rings. The third-order valence-corrected chi connectivity index (χ3v) is 6.99. The molecule has 0 spiro atoms. The number of allylic oxidation sites excluding steroid dienone is 1. The largest absolute Gasteiger partial charge is 0.456 e. The molecular weight excluding hydrogens is 394 g/mol. The Kier molecular flexibility index (Phi) is 4.77. The number of ether oxygens (including phenoxy) is 3. The minimum absolute atomic E-state index is 0.0556. The molecule has 4 atom stereocenters. The predicted molar refractivity (Wildman–Crippen MR) is 116 cm³/mol. The van der Waals surface area contributed by atoms with E-state index in [0.29, 0.717) is 11.3 Å². The first kappa shape index (κ1) is 20.1. The van der Waals surface area contributed by atoms with Crippen LogP contribution in [-0.2, 0) is 26.1 Å². The lowest BCUT2D eigenvalue weighted by Gasteiger charge is -2.20. The SMILES string of the molecule is C=C1C(=O)O[C@@H]2[C@H]3O[C@]3(C)CC/C=C(/COC(=O)c3cc4ccccc4n3C)CC[C@@H]12. The highest BCUT2D eigenvalue weighted by molar-refractivity contribution is 5.95. The van der Waals surface area contributed by atoms with Gasteiger partial charge in [-0.25, -0.2) is 9.59 Å². The van der Waals surface area contributed by atoms with Gasteiger partial charge in [0.2, 0.25) is 0 Å². The van der Waals surface area contributed by atoms with E-state index in [-0.39, 0.29) is 42.3 Å². The van der Waals surface area contributed by atoms with Crippen LogP contribution in [0.5, 0.6) is 0 Å². The van der Waals surface area contributed by atoms with Crippen LogP contribution in [0.3, 0.4) is 0 Å². The zero-order valence-electron chi connectivity index (χ0n) is 17.9. The third kappa shape index (κ3) is 3.49. The lowest BCUT2D eigenvalue weighted by atomic mass is 9.84. The molecule has 1 aromatic carbocycles. The van der Waals surface area contributed by atoms with Gasteiger partial charge in [-0.05, 0) is 50.3 Å². The van der Waals surface area contributed by atoms with Crippen LogP contribution in [0.1, 0.15) is 43.1 Å². The van der Waals surface area contributed by atoms with E-state index in [4.69, 9.17) is 14.2 Å². The van der Waals surface area contributed by atoms with Gasteiger partial charge < -0.3 is 18.8 Å². The van der Waals surface area contributed by atoms with E-state index in [1.54, 1.807) is 0 Å². The van der Waals surface area contributed by atoms with E-state index in [0.717, 1.165) is 42.2 Å². The Hall–Kier alpha value is -2.86. The molecule has 31 heavy (non-hydrogen) atoms. The van der Waals surface area contributed by atoms with Crippen LogP contribution >= 0.6 is 0 Å². The van der Waals surface area contributed by atoms with E-state index in [1.165, 1.54) is 0 Å². The van der Waals surface area contributed by atoms with E-state index in [9.17, 15) is 9.59 Å². The first-order valence-corrected chi connectivity index (χ1v) is 10.8. The molecule has 6 heteroatoms. The fourth-order valence-electron chi connectivity index (χ4n) is 4.97. The van der Waals surface area contributed by atoms with Crippen molar-refractivity contribution in [2.45, 2.75) is 50.4 Å². The molecule has 3 aliphatic rings. The number of esters is 2. The van der Waals surface area contributed by atoms with E-state index in [1.807, 2.05) is 41.9 Å². The maximum Gasteiger partial charge on any atom is 0.355 e.